The van der Waals surface area contributed by atoms with Crippen molar-refractivity contribution < 1.29 is 4.58 Å². The van der Waals surface area contributed by atoms with Crippen molar-refractivity contribution in [1.29, 1.82) is 0 Å². The molecule has 1 aliphatic heterocycles. The lowest BCUT2D eigenvalue weighted by Crippen LogP contribution is -2.25. The van der Waals surface area contributed by atoms with Gasteiger partial charge in [-0.2, -0.15) is 4.58 Å². The molecular formula is C47H30NS+. The highest BCUT2D eigenvalue weighted by atomic mass is 32.1. The van der Waals surface area contributed by atoms with Crippen molar-refractivity contribution in [3.63, 3.8) is 0 Å². The van der Waals surface area contributed by atoms with Crippen LogP contribution in [-0.2, 0) is 0 Å². The largest absolute Gasteiger partial charge is 0.225 e. The van der Waals surface area contributed by atoms with Gasteiger partial charge in [-0.1, -0.05) is 127 Å². The van der Waals surface area contributed by atoms with E-state index < -0.39 is 0 Å². The molecule has 10 rings (SSSR count). The summed E-state index contributed by atoms with van der Waals surface area (Å²) in [5.74, 6) is 0. The summed E-state index contributed by atoms with van der Waals surface area (Å²) in [5.41, 5.74) is 10.9. The molecule has 2 heteroatoms. The molecule has 0 N–H and O–H groups in total. The van der Waals surface area contributed by atoms with Gasteiger partial charge in [0.15, 0.2) is 0 Å². The molecule has 0 aliphatic carbocycles. The maximum Gasteiger partial charge on any atom is 0.225 e. The van der Waals surface area contributed by atoms with Crippen molar-refractivity contribution in [2.45, 2.75) is 0 Å². The molecule has 8 aromatic carbocycles. The van der Waals surface area contributed by atoms with Crippen LogP contribution in [-0.4, -0.2) is 10.3 Å². The van der Waals surface area contributed by atoms with Gasteiger partial charge in [-0.25, -0.2) is 0 Å². The molecule has 0 fully saturated rings. The van der Waals surface area contributed by atoms with Gasteiger partial charge < -0.3 is 0 Å². The third kappa shape index (κ3) is 4.57. The zero-order valence-corrected chi connectivity index (χ0v) is 27.5. The van der Waals surface area contributed by atoms with E-state index in [0.717, 1.165) is 0 Å². The second-order valence-electron chi connectivity index (χ2n) is 12.7. The molecular weight excluding hydrogens is 611 g/mol. The minimum atomic E-state index is 1.17. The smallest absolute Gasteiger partial charge is 0.152 e. The number of thiophene rings is 1. The highest BCUT2D eigenvalue weighted by Gasteiger charge is 2.36. The first kappa shape index (κ1) is 28.0. The van der Waals surface area contributed by atoms with Crippen LogP contribution in [0.5, 0.6) is 0 Å². The minimum absolute atomic E-state index is 1.17. The Bertz CT molecular complexity index is 2810. The van der Waals surface area contributed by atoms with E-state index in [4.69, 9.17) is 0 Å². The van der Waals surface area contributed by atoms with Crippen molar-refractivity contribution in [2.24, 2.45) is 0 Å². The van der Waals surface area contributed by atoms with Gasteiger partial charge >= 0.3 is 0 Å². The van der Waals surface area contributed by atoms with E-state index in [0.29, 0.717) is 0 Å². The predicted molar refractivity (Wildman–Crippen MR) is 210 cm³/mol. The summed E-state index contributed by atoms with van der Waals surface area (Å²) >= 11 is 1.87. The highest BCUT2D eigenvalue weighted by molar-refractivity contribution is 7.25. The summed E-state index contributed by atoms with van der Waals surface area (Å²) in [5, 5.41) is 7.65. The Morgan fingerprint density at radius 3 is 1.78 bits per heavy atom. The Morgan fingerprint density at radius 2 is 0.980 bits per heavy atom. The first-order chi connectivity index (χ1) is 24.3. The predicted octanol–water partition coefficient (Wildman–Crippen LogP) is 12.9. The lowest BCUT2D eigenvalue weighted by atomic mass is 9.90. The topological polar surface area (TPSA) is 3.01 Å². The van der Waals surface area contributed by atoms with Gasteiger partial charge in [0.2, 0.25) is 17.1 Å². The van der Waals surface area contributed by atoms with E-state index in [1.165, 1.54) is 92.2 Å². The van der Waals surface area contributed by atoms with Crippen LogP contribution in [0.15, 0.2) is 182 Å². The Balaban J connectivity index is 1.22. The number of rotatable bonds is 5. The number of benzene rings is 8. The van der Waals surface area contributed by atoms with Gasteiger partial charge in [-0.05, 0) is 80.7 Å². The first-order valence-electron chi connectivity index (χ1n) is 16.8. The van der Waals surface area contributed by atoms with Gasteiger partial charge in [-0.15, -0.1) is 11.3 Å². The third-order valence-corrected chi connectivity index (χ3v) is 11.1. The van der Waals surface area contributed by atoms with Crippen molar-refractivity contribution in [1.82, 2.24) is 0 Å². The van der Waals surface area contributed by atoms with Crippen LogP contribution in [0.3, 0.4) is 0 Å². The SMILES string of the molecule is C1=C(c2ccc3c(c2)sc2ccccc23)[N+](c2ccc(-c3cccc4ccccc34)cc2-c2cccc3ccccc23)=C1c1ccccc1. The lowest BCUT2D eigenvalue weighted by Gasteiger charge is -2.21. The van der Waals surface area contributed by atoms with Crippen molar-refractivity contribution in [2.75, 3.05) is 0 Å². The Morgan fingerprint density at radius 1 is 0.367 bits per heavy atom. The van der Waals surface area contributed by atoms with Crippen molar-refractivity contribution in [3.05, 3.63) is 193 Å². The molecule has 0 radical (unpaired) electrons. The fourth-order valence-electron chi connectivity index (χ4n) is 7.55. The van der Waals surface area contributed by atoms with Gasteiger partial charge in [0.25, 0.3) is 0 Å². The maximum absolute atomic E-state index is 2.48. The van der Waals surface area contributed by atoms with Crippen molar-refractivity contribution in [3.8, 4) is 22.3 Å². The quantitative estimate of drug-likeness (QED) is 0.165. The molecule has 0 atom stereocenters. The Labute approximate surface area is 289 Å². The molecule has 9 aromatic rings. The number of fused-ring (bicyclic) bond motifs is 5. The molecule has 0 amide bonds. The van der Waals surface area contributed by atoms with Gasteiger partial charge in [0, 0.05) is 37.4 Å². The Kier molecular flexibility index (Phi) is 6.43. The summed E-state index contributed by atoms with van der Waals surface area (Å²) in [6.45, 7) is 0. The molecule has 0 saturated heterocycles. The molecule has 1 aromatic heterocycles. The van der Waals surface area contributed by atoms with Gasteiger partial charge in [0.05, 0.1) is 11.6 Å². The second-order valence-corrected chi connectivity index (χ2v) is 13.8. The summed E-state index contributed by atoms with van der Waals surface area (Å²) in [4.78, 5) is 0. The fraction of sp³-hybridized carbons (Fsp3) is 0. The zero-order valence-electron chi connectivity index (χ0n) is 26.7. The first-order valence-corrected chi connectivity index (χ1v) is 17.6. The number of allylic oxidation sites excluding steroid dienone is 1. The molecule has 0 bridgehead atoms. The molecule has 1 aliphatic rings. The Hall–Kier alpha value is -6.09. The van der Waals surface area contributed by atoms with Crippen LogP contribution < -0.4 is 0 Å². The maximum atomic E-state index is 2.48. The summed E-state index contributed by atoms with van der Waals surface area (Å²) in [6.07, 6.45) is 2.36. The number of nitrogens with zero attached hydrogens (tertiary/aromatic N) is 1. The summed E-state index contributed by atoms with van der Waals surface area (Å²) < 4.78 is 5.12. The van der Waals surface area contributed by atoms with Crippen LogP contribution in [0.25, 0.3) is 69.7 Å². The van der Waals surface area contributed by atoms with Crippen LogP contribution >= 0.6 is 11.3 Å². The monoisotopic (exact) mass is 640 g/mol. The second kappa shape index (κ2) is 11.3. The lowest BCUT2D eigenvalue weighted by molar-refractivity contribution is -0.341. The van der Waals surface area contributed by atoms with E-state index in [1.54, 1.807) is 0 Å². The molecule has 0 saturated carbocycles. The standard InChI is InChI=1S/C47H30NS/c1-2-14-33(15-3-1)44-30-45(35-24-26-41-40-20-8-9-23-46(40)49-47(41)29-35)48(44)43-27-25-34(38-21-10-16-31-12-4-6-18-36(31)38)28-42(43)39-22-11-17-32-13-5-7-19-37(32)39/h1-30H/q+1. The van der Waals surface area contributed by atoms with E-state index in [1.807, 2.05) is 11.3 Å². The zero-order chi connectivity index (χ0) is 32.3. The van der Waals surface area contributed by atoms with E-state index >= 15 is 0 Å². The molecule has 1 nitrogen and oxygen atoms in total. The van der Waals surface area contributed by atoms with Gasteiger partial charge in [0.1, 0.15) is 0 Å². The van der Waals surface area contributed by atoms with E-state index in [2.05, 4.69) is 187 Å². The average Bonchev–Trinajstić information content (AvgIpc) is 3.53. The molecule has 0 unspecified atom stereocenters. The van der Waals surface area contributed by atoms with Crippen LogP contribution in [0, 0.1) is 0 Å². The molecule has 228 valence electrons. The van der Waals surface area contributed by atoms with E-state index in [-0.39, 0.29) is 0 Å². The normalized spacial score (nSPS) is 12.9. The number of hydrogen-bond acceptors (Lipinski definition) is 1. The van der Waals surface area contributed by atoms with E-state index in [9.17, 15) is 0 Å². The highest BCUT2D eigenvalue weighted by Crippen LogP contribution is 2.44. The minimum Gasteiger partial charge on any atom is -0.152 e. The summed E-state index contributed by atoms with van der Waals surface area (Å²) in [7, 11) is 0. The fourth-order valence-corrected chi connectivity index (χ4v) is 8.70. The molecule has 49 heavy (non-hydrogen) atoms. The molecule has 0 spiro atoms. The third-order valence-electron chi connectivity index (χ3n) is 9.92. The van der Waals surface area contributed by atoms with Crippen LogP contribution in [0.2, 0.25) is 0 Å². The summed E-state index contributed by atoms with van der Waals surface area (Å²) in [6, 6.07) is 64.3. The van der Waals surface area contributed by atoms with Gasteiger partial charge in [-0.3, -0.25) is 0 Å². The molecule has 2 heterocycles. The van der Waals surface area contributed by atoms with Crippen molar-refractivity contribution >= 4 is 70.2 Å². The van der Waals surface area contributed by atoms with Crippen LogP contribution in [0.1, 0.15) is 11.1 Å². The average molecular weight is 641 g/mol. The van der Waals surface area contributed by atoms with Crippen LogP contribution in [0.4, 0.5) is 5.69 Å². The number of hydrogen-bond donors (Lipinski definition) is 0.